The molecule has 116 valence electrons. The Labute approximate surface area is 125 Å². The SMILES string of the molecule is CCCN(CC1CC1)C(=O)CCCNC(=O)c1ccco1. The number of hydrogen-bond donors (Lipinski definition) is 1. The van der Waals surface area contributed by atoms with Crippen LogP contribution in [0.2, 0.25) is 0 Å². The van der Waals surface area contributed by atoms with Gasteiger partial charge in [-0.3, -0.25) is 9.59 Å². The highest BCUT2D eigenvalue weighted by atomic mass is 16.3. The fraction of sp³-hybridized carbons (Fsp3) is 0.625. The van der Waals surface area contributed by atoms with Crippen LogP contribution in [0.15, 0.2) is 22.8 Å². The van der Waals surface area contributed by atoms with Gasteiger partial charge in [0, 0.05) is 26.1 Å². The summed E-state index contributed by atoms with van der Waals surface area (Å²) in [6.45, 7) is 4.34. The second kappa shape index (κ2) is 7.86. The highest BCUT2D eigenvalue weighted by molar-refractivity contribution is 5.91. The van der Waals surface area contributed by atoms with Crippen molar-refractivity contribution < 1.29 is 14.0 Å². The van der Waals surface area contributed by atoms with Gasteiger partial charge >= 0.3 is 0 Å². The number of nitrogens with one attached hydrogen (secondary N) is 1. The molecular weight excluding hydrogens is 268 g/mol. The van der Waals surface area contributed by atoms with E-state index in [0.29, 0.717) is 25.1 Å². The van der Waals surface area contributed by atoms with Crippen LogP contribution in [0.25, 0.3) is 0 Å². The number of carbonyl (C=O) groups is 2. The molecule has 0 radical (unpaired) electrons. The third kappa shape index (κ3) is 5.25. The second-order valence-electron chi connectivity index (χ2n) is 5.62. The fourth-order valence-corrected chi connectivity index (χ4v) is 2.29. The zero-order valence-corrected chi connectivity index (χ0v) is 12.6. The molecule has 0 atom stereocenters. The molecule has 0 unspecified atom stereocenters. The van der Waals surface area contributed by atoms with Crippen LogP contribution in [0, 0.1) is 5.92 Å². The Kier molecular flexibility index (Phi) is 5.84. The molecule has 1 saturated carbocycles. The maximum atomic E-state index is 12.2. The van der Waals surface area contributed by atoms with Gasteiger partial charge in [-0.25, -0.2) is 0 Å². The maximum absolute atomic E-state index is 12.2. The Balaban J connectivity index is 1.64. The van der Waals surface area contributed by atoms with E-state index >= 15 is 0 Å². The topological polar surface area (TPSA) is 62.6 Å². The summed E-state index contributed by atoms with van der Waals surface area (Å²) in [7, 11) is 0. The van der Waals surface area contributed by atoms with Gasteiger partial charge in [-0.05, 0) is 43.7 Å². The van der Waals surface area contributed by atoms with Crippen molar-refractivity contribution in [3.63, 3.8) is 0 Å². The van der Waals surface area contributed by atoms with E-state index in [2.05, 4.69) is 12.2 Å². The third-order valence-corrected chi connectivity index (χ3v) is 3.62. The molecule has 5 heteroatoms. The lowest BCUT2D eigenvalue weighted by Crippen LogP contribution is -2.34. The van der Waals surface area contributed by atoms with Crippen molar-refractivity contribution in [1.82, 2.24) is 10.2 Å². The van der Waals surface area contributed by atoms with E-state index in [1.54, 1.807) is 12.1 Å². The minimum absolute atomic E-state index is 0.205. The highest BCUT2D eigenvalue weighted by Crippen LogP contribution is 2.29. The zero-order valence-electron chi connectivity index (χ0n) is 12.6. The number of rotatable bonds is 9. The van der Waals surface area contributed by atoms with Gasteiger partial charge < -0.3 is 14.6 Å². The highest BCUT2D eigenvalue weighted by Gasteiger charge is 2.26. The molecule has 0 bridgehead atoms. The summed E-state index contributed by atoms with van der Waals surface area (Å²) in [6.07, 6.45) is 6.13. The average molecular weight is 292 g/mol. The van der Waals surface area contributed by atoms with E-state index in [0.717, 1.165) is 25.4 Å². The van der Waals surface area contributed by atoms with E-state index in [4.69, 9.17) is 4.42 Å². The predicted molar refractivity (Wildman–Crippen MR) is 79.9 cm³/mol. The first-order valence-electron chi connectivity index (χ1n) is 7.80. The molecule has 5 nitrogen and oxygen atoms in total. The number of carbonyl (C=O) groups excluding carboxylic acids is 2. The number of furan rings is 1. The summed E-state index contributed by atoms with van der Waals surface area (Å²) < 4.78 is 5.01. The van der Waals surface area contributed by atoms with Crippen molar-refractivity contribution in [2.24, 2.45) is 5.92 Å². The minimum atomic E-state index is -0.226. The standard InChI is InChI=1S/C16H24N2O3/c1-2-10-18(12-13-7-8-13)15(19)6-3-9-17-16(20)14-5-4-11-21-14/h4-5,11,13H,2-3,6-10,12H2,1H3,(H,17,20). The van der Waals surface area contributed by atoms with Crippen LogP contribution < -0.4 is 5.32 Å². The van der Waals surface area contributed by atoms with Gasteiger partial charge in [0.15, 0.2) is 5.76 Å². The monoisotopic (exact) mass is 292 g/mol. The largest absolute Gasteiger partial charge is 0.459 e. The molecule has 0 aliphatic heterocycles. The summed E-state index contributed by atoms with van der Waals surface area (Å²) in [5.74, 6) is 1.01. The van der Waals surface area contributed by atoms with E-state index in [-0.39, 0.29) is 11.8 Å². The van der Waals surface area contributed by atoms with Crippen molar-refractivity contribution in [2.45, 2.75) is 39.0 Å². The van der Waals surface area contributed by atoms with E-state index in [1.165, 1.54) is 19.1 Å². The molecule has 1 aromatic heterocycles. The quantitative estimate of drug-likeness (QED) is 0.711. The van der Waals surface area contributed by atoms with E-state index in [1.807, 2.05) is 4.90 Å². The van der Waals surface area contributed by atoms with Crippen LogP contribution in [-0.2, 0) is 4.79 Å². The van der Waals surface area contributed by atoms with Crippen molar-refractivity contribution in [2.75, 3.05) is 19.6 Å². The van der Waals surface area contributed by atoms with Crippen LogP contribution in [0.5, 0.6) is 0 Å². The summed E-state index contributed by atoms with van der Waals surface area (Å²) in [5.41, 5.74) is 0. The lowest BCUT2D eigenvalue weighted by molar-refractivity contribution is -0.131. The molecule has 1 aliphatic carbocycles. The van der Waals surface area contributed by atoms with Gasteiger partial charge in [0.25, 0.3) is 5.91 Å². The Morgan fingerprint density at radius 3 is 2.86 bits per heavy atom. The maximum Gasteiger partial charge on any atom is 0.286 e. The first-order chi connectivity index (χ1) is 10.2. The normalized spacial score (nSPS) is 14.0. The summed E-state index contributed by atoms with van der Waals surface area (Å²) in [5, 5.41) is 2.76. The second-order valence-corrected chi connectivity index (χ2v) is 5.62. The Bertz CT molecular complexity index is 452. The number of nitrogens with zero attached hydrogens (tertiary/aromatic N) is 1. The zero-order chi connectivity index (χ0) is 15.1. The molecule has 0 saturated heterocycles. The van der Waals surface area contributed by atoms with Crippen molar-refractivity contribution in [3.05, 3.63) is 24.2 Å². The van der Waals surface area contributed by atoms with Crippen molar-refractivity contribution in [1.29, 1.82) is 0 Å². The minimum Gasteiger partial charge on any atom is -0.459 e. The molecule has 0 spiro atoms. The smallest absolute Gasteiger partial charge is 0.286 e. The molecule has 2 amide bonds. The molecule has 1 fully saturated rings. The predicted octanol–water partition coefficient (Wildman–Crippen LogP) is 2.44. The van der Waals surface area contributed by atoms with Crippen molar-refractivity contribution >= 4 is 11.8 Å². The van der Waals surface area contributed by atoms with E-state index in [9.17, 15) is 9.59 Å². The van der Waals surface area contributed by atoms with Gasteiger partial charge in [0.05, 0.1) is 6.26 Å². The molecule has 2 rings (SSSR count). The van der Waals surface area contributed by atoms with Crippen LogP contribution in [0.1, 0.15) is 49.6 Å². The Hall–Kier alpha value is -1.78. The first kappa shape index (κ1) is 15.6. The lowest BCUT2D eigenvalue weighted by Gasteiger charge is -2.22. The number of amides is 2. The molecule has 0 aromatic carbocycles. The molecule has 1 heterocycles. The third-order valence-electron chi connectivity index (χ3n) is 3.62. The first-order valence-corrected chi connectivity index (χ1v) is 7.80. The average Bonchev–Trinajstić information content (AvgIpc) is 3.12. The Morgan fingerprint density at radius 2 is 2.24 bits per heavy atom. The van der Waals surface area contributed by atoms with Gasteiger partial charge in [-0.1, -0.05) is 6.92 Å². The summed E-state index contributed by atoms with van der Waals surface area (Å²) >= 11 is 0. The molecule has 21 heavy (non-hydrogen) atoms. The van der Waals surface area contributed by atoms with Crippen LogP contribution in [0.4, 0.5) is 0 Å². The molecular formula is C16H24N2O3. The Morgan fingerprint density at radius 1 is 1.43 bits per heavy atom. The molecule has 1 aromatic rings. The van der Waals surface area contributed by atoms with Crippen LogP contribution in [-0.4, -0.2) is 36.3 Å². The van der Waals surface area contributed by atoms with Gasteiger partial charge in [-0.15, -0.1) is 0 Å². The summed E-state index contributed by atoms with van der Waals surface area (Å²) in [4.78, 5) is 25.8. The fourth-order valence-electron chi connectivity index (χ4n) is 2.29. The number of hydrogen-bond acceptors (Lipinski definition) is 3. The van der Waals surface area contributed by atoms with Crippen molar-refractivity contribution in [3.8, 4) is 0 Å². The van der Waals surface area contributed by atoms with Gasteiger partial charge in [0.2, 0.25) is 5.91 Å². The van der Waals surface area contributed by atoms with Gasteiger partial charge in [-0.2, -0.15) is 0 Å². The lowest BCUT2D eigenvalue weighted by atomic mass is 10.2. The van der Waals surface area contributed by atoms with Gasteiger partial charge in [0.1, 0.15) is 0 Å². The summed E-state index contributed by atoms with van der Waals surface area (Å²) in [6, 6.07) is 3.30. The van der Waals surface area contributed by atoms with E-state index < -0.39 is 0 Å². The molecule has 1 N–H and O–H groups in total. The molecule has 1 aliphatic rings. The van der Waals surface area contributed by atoms with Crippen LogP contribution in [0.3, 0.4) is 0 Å². The van der Waals surface area contributed by atoms with Crippen LogP contribution >= 0.6 is 0 Å².